The van der Waals surface area contributed by atoms with Crippen LogP contribution >= 0.6 is 11.6 Å². The summed E-state index contributed by atoms with van der Waals surface area (Å²) in [4.78, 5) is 18.4. The standard InChI is InChI=1S/C30H34ClN3O4/c1-36-27-11-9-22(31)18-25(27)33-14-15-34-24-7-5-4-6-21(24)17-23(26(34)19-33)30(35)32-13-12-20-8-10-28(37-2)29(16-20)38-3/h4-11,16,18,23,26H,12-15,17,19H2,1-3H3,(H,32,35)/t23-,26-/m0/s1. The number of nitrogens with zero attached hydrogens (tertiary/aromatic N) is 2. The van der Waals surface area contributed by atoms with Crippen molar-refractivity contribution >= 4 is 28.9 Å². The molecule has 2 aliphatic heterocycles. The Kier molecular flexibility index (Phi) is 7.84. The first-order valence-corrected chi connectivity index (χ1v) is 13.3. The highest BCUT2D eigenvalue weighted by molar-refractivity contribution is 6.31. The maximum absolute atomic E-state index is 13.7. The summed E-state index contributed by atoms with van der Waals surface area (Å²) in [6, 6.07) is 20.0. The number of ether oxygens (including phenoxy) is 3. The molecule has 7 nitrogen and oxygen atoms in total. The first-order valence-electron chi connectivity index (χ1n) is 12.9. The third kappa shape index (κ3) is 5.20. The minimum absolute atomic E-state index is 0.0309. The highest BCUT2D eigenvalue weighted by atomic mass is 35.5. The maximum atomic E-state index is 13.7. The second kappa shape index (κ2) is 11.4. The number of carbonyl (C=O) groups excluding carboxylic acids is 1. The minimum atomic E-state index is -0.178. The van der Waals surface area contributed by atoms with E-state index in [-0.39, 0.29) is 17.9 Å². The van der Waals surface area contributed by atoms with E-state index in [9.17, 15) is 4.79 Å². The summed E-state index contributed by atoms with van der Waals surface area (Å²) >= 11 is 6.35. The number of hydrogen-bond acceptors (Lipinski definition) is 6. The Labute approximate surface area is 229 Å². The number of methoxy groups -OCH3 is 3. The average molecular weight is 536 g/mol. The summed E-state index contributed by atoms with van der Waals surface area (Å²) in [6.45, 7) is 2.88. The molecule has 2 atom stereocenters. The minimum Gasteiger partial charge on any atom is -0.495 e. The second-order valence-corrected chi connectivity index (χ2v) is 10.1. The number of rotatable bonds is 8. The van der Waals surface area contributed by atoms with Gasteiger partial charge in [-0.3, -0.25) is 4.79 Å². The Balaban J connectivity index is 1.34. The number of halogens is 1. The van der Waals surface area contributed by atoms with E-state index in [1.54, 1.807) is 21.3 Å². The van der Waals surface area contributed by atoms with Gasteiger partial charge in [-0.25, -0.2) is 0 Å². The topological polar surface area (TPSA) is 63.3 Å². The van der Waals surface area contributed by atoms with E-state index in [0.29, 0.717) is 42.5 Å². The van der Waals surface area contributed by atoms with Crippen LogP contribution in [0.2, 0.25) is 5.02 Å². The van der Waals surface area contributed by atoms with Gasteiger partial charge in [0, 0.05) is 36.9 Å². The monoisotopic (exact) mass is 535 g/mol. The summed E-state index contributed by atoms with van der Waals surface area (Å²) in [5.41, 5.74) is 4.49. The number of piperazine rings is 1. The second-order valence-electron chi connectivity index (χ2n) is 9.69. The lowest BCUT2D eigenvalue weighted by Crippen LogP contribution is -2.61. The summed E-state index contributed by atoms with van der Waals surface area (Å²) in [5, 5.41) is 3.88. The van der Waals surface area contributed by atoms with Crippen molar-refractivity contribution in [1.82, 2.24) is 5.32 Å². The van der Waals surface area contributed by atoms with E-state index in [1.807, 2.05) is 36.4 Å². The van der Waals surface area contributed by atoms with Crippen molar-refractivity contribution in [2.45, 2.75) is 18.9 Å². The van der Waals surface area contributed by atoms with Gasteiger partial charge in [-0.1, -0.05) is 35.9 Å². The first kappa shape index (κ1) is 26.0. The van der Waals surface area contributed by atoms with Crippen LogP contribution in [-0.2, 0) is 17.6 Å². The predicted molar refractivity (Wildman–Crippen MR) is 151 cm³/mol. The van der Waals surface area contributed by atoms with E-state index in [0.717, 1.165) is 30.1 Å². The largest absolute Gasteiger partial charge is 0.495 e. The number of amides is 1. The van der Waals surface area contributed by atoms with Gasteiger partial charge in [0.25, 0.3) is 0 Å². The molecule has 0 saturated carbocycles. The van der Waals surface area contributed by atoms with Crippen LogP contribution in [-0.4, -0.2) is 59.5 Å². The number of para-hydroxylation sites is 1. The summed E-state index contributed by atoms with van der Waals surface area (Å²) < 4.78 is 16.4. The molecule has 1 saturated heterocycles. The molecule has 2 heterocycles. The van der Waals surface area contributed by atoms with Gasteiger partial charge in [0.1, 0.15) is 5.75 Å². The lowest BCUT2D eigenvalue weighted by molar-refractivity contribution is -0.125. The van der Waals surface area contributed by atoms with Crippen molar-refractivity contribution in [1.29, 1.82) is 0 Å². The molecule has 0 bridgehead atoms. The van der Waals surface area contributed by atoms with Crippen LogP contribution in [0.3, 0.4) is 0 Å². The molecule has 200 valence electrons. The van der Waals surface area contributed by atoms with Crippen molar-refractivity contribution in [2.24, 2.45) is 5.92 Å². The van der Waals surface area contributed by atoms with E-state index >= 15 is 0 Å². The van der Waals surface area contributed by atoms with Crippen LogP contribution in [0.5, 0.6) is 17.2 Å². The smallest absolute Gasteiger partial charge is 0.225 e. The number of carbonyl (C=O) groups is 1. The maximum Gasteiger partial charge on any atom is 0.225 e. The number of benzene rings is 3. The summed E-state index contributed by atoms with van der Waals surface area (Å²) in [6.07, 6.45) is 1.41. The van der Waals surface area contributed by atoms with Gasteiger partial charge >= 0.3 is 0 Å². The molecular weight excluding hydrogens is 502 g/mol. The quantitative estimate of drug-likeness (QED) is 0.455. The van der Waals surface area contributed by atoms with Crippen LogP contribution in [0.15, 0.2) is 60.7 Å². The number of nitrogens with one attached hydrogen (secondary N) is 1. The van der Waals surface area contributed by atoms with Crippen molar-refractivity contribution in [3.63, 3.8) is 0 Å². The highest BCUT2D eigenvalue weighted by Crippen LogP contribution is 2.39. The molecule has 8 heteroatoms. The molecule has 0 radical (unpaired) electrons. The van der Waals surface area contributed by atoms with E-state index < -0.39 is 0 Å². The molecule has 5 rings (SSSR count). The molecule has 38 heavy (non-hydrogen) atoms. The Bertz CT molecular complexity index is 1300. The van der Waals surface area contributed by atoms with Crippen molar-refractivity contribution in [3.8, 4) is 17.2 Å². The van der Waals surface area contributed by atoms with Gasteiger partial charge in [0.05, 0.1) is 39.0 Å². The first-order chi connectivity index (χ1) is 18.5. The molecule has 0 spiro atoms. The zero-order valence-electron chi connectivity index (χ0n) is 22.1. The normalized spacial score (nSPS) is 18.3. The molecular formula is C30H34ClN3O4. The third-order valence-electron chi connectivity index (χ3n) is 7.60. The fourth-order valence-electron chi connectivity index (χ4n) is 5.68. The third-order valence-corrected chi connectivity index (χ3v) is 7.84. The molecule has 0 aromatic heterocycles. The Morgan fingerprint density at radius 3 is 2.47 bits per heavy atom. The number of hydrogen-bond donors (Lipinski definition) is 1. The molecule has 3 aromatic rings. The molecule has 2 aliphatic rings. The number of fused-ring (bicyclic) bond motifs is 3. The summed E-state index contributed by atoms with van der Waals surface area (Å²) in [5.74, 6) is 2.07. The fraction of sp³-hybridized carbons (Fsp3) is 0.367. The molecule has 0 aliphatic carbocycles. The van der Waals surface area contributed by atoms with Gasteiger partial charge in [-0.05, 0) is 60.4 Å². The Morgan fingerprint density at radius 1 is 0.921 bits per heavy atom. The van der Waals surface area contributed by atoms with Crippen LogP contribution in [0, 0.1) is 5.92 Å². The van der Waals surface area contributed by atoms with E-state index in [4.69, 9.17) is 25.8 Å². The highest BCUT2D eigenvalue weighted by Gasteiger charge is 2.41. The summed E-state index contributed by atoms with van der Waals surface area (Å²) in [7, 11) is 4.93. The van der Waals surface area contributed by atoms with Gasteiger partial charge in [0.15, 0.2) is 11.5 Å². The number of anilines is 2. The Hall–Kier alpha value is -3.58. The van der Waals surface area contributed by atoms with E-state index in [2.05, 4.69) is 39.4 Å². The zero-order valence-corrected chi connectivity index (χ0v) is 22.8. The average Bonchev–Trinajstić information content (AvgIpc) is 2.96. The van der Waals surface area contributed by atoms with E-state index in [1.165, 1.54) is 11.3 Å². The van der Waals surface area contributed by atoms with Gasteiger partial charge in [-0.2, -0.15) is 0 Å². The fourth-order valence-corrected chi connectivity index (χ4v) is 5.85. The molecule has 1 fully saturated rings. The van der Waals surface area contributed by atoms with Gasteiger partial charge < -0.3 is 29.3 Å². The zero-order chi connectivity index (χ0) is 26.6. The predicted octanol–water partition coefficient (Wildman–Crippen LogP) is 4.59. The van der Waals surface area contributed by atoms with Crippen molar-refractivity contribution < 1.29 is 19.0 Å². The molecule has 0 unspecified atom stereocenters. The Morgan fingerprint density at radius 2 is 1.68 bits per heavy atom. The van der Waals surface area contributed by atoms with Crippen molar-refractivity contribution in [2.75, 3.05) is 57.3 Å². The van der Waals surface area contributed by atoms with Crippen LogP contribution in [0.1, 0.15) is 11.1 Å². The van der Waals surface area contributed by atoms with Gasteiger partial charge in [0.2, 0.25) is 5.91 Å². The van der Waals surface area contributed by atoms with Crippen LogP contribution in [0.4, 0.5) is 11.4 Å². The van der Waals surface area contributed by atoms with Crippen molar-refractivity contribution in [3.05, 3.63) is 76.8 Å². The van der Waals surface area contributed by atoms with Crippen LogP contribution < -0.4 is 29.3 Å². The van der Waals surface area contributed by atoms with Crippen LogP contribution in [0.25, 0.3) is 0 Å². The van der Waals surface area contributed by atoms with Gasteiger partial charge in [-0.15, -0.1) is 0 Å². The molecule has 3 aromatic carbocycles. The lowest BCUT2D eigenvalue weighted by Gasteiger charge is -2.49. The SMILES string of the molecule is COc1ccc(CCNC(=O)[C@H]2Cc3ccccc3N3CCN(c4cc(Cl)ccc4OC)C[C@@H]23)cc1OC. The lowest BCUT2D eigenvalue weighted by atomic mass is 9.83. The molecule has 1 amide bonds. The molecule has 1 N–H and O–H groups in total.